The Kier molecular flexibility index (Phi) is 16.7. The molecule has 3 saturated carbocycles. The largest absolute Gasteiger partial charge is 0.463 e. The Morgan fingerprint density at radius 2 is 1.28 bits per heavy atom. The average molecular weight is 963 g/mol. The van der Waals surface area contributed by atoms with Crippen molar-refractivity contribution in [3.8, 4) is 0 Å². The van der Waals surface area contributed by atoms with Crippen molar-refractivity contribution in [3.63, 3.8) is 0 Å². The number of carbonyl (C=O) groups is 7. The van der Waals surface area contributed by atoms with Crippen molar-refractivity contribution in [2.45, 2.75) is 210 Å². The van der Waals surface area contributed by atoms with Gasteiger partial charge in [0.25, 0.3) is 0 Å². The molecule has 0 radical (unpaired) electrons. The summed E-state index contributed by atoms with van der Waals surface area (Å²) in [6.45, 7) is 25.4. The van der Waals surface area contributed by atoms with Crippen molar-refractivity contribution in [2.75, 3.05) is 13.7 Å². The lowest BCUT2D eigenvalue weighted by molar-refractivity contribution is -0.337. The molecule has 0 spiro atoms. The molecule has 5 rings (SSSR count). The van der Waals surface area contributed by atoms with Gasteiger partial charge in [0, 0.05) is 66.4 Å². The summed E-state index contributed by atoms with van der Waals surface area (Å²) < 4.78 is 60.5. The van der Waals surface area contributed by atoms with Gasteiger partial charge in [0.2, 0.25) is 0 Å². The summed E-state index contributed by atoms with van der Waals surface area (Å²) >= 11 is 0. The van der Waals surface area contributed by atoms with E-state index in [2.05, 4.69) is 47.6 Å². The third kappa shape index (κ3) is 10.9. The zero-order chi connectivity index (χ0) is 51.1. The van der Waals surface area contributed by atoms with Gasteiger partial charge in [0.05, 0.1) is 6.10 Å². The van der Waals surface area contributed by atoms with Crippen LogP contribution >= 0.6 is 0 Å². The van der Waals surface area contributed by atoms with E-state index in [0.717, 1.165) is 19.3 Å². The Morgan fingerprint density at radius 1 is 0.706 bits per heavy atom. The lowest BCUT2D eigenvalue weighted by Crippen LogP contribution is -2.68. The molecule has 1 heterocycles. The van der Waals surface area contributed by atoms with Crippen LogP contribution in [-0.2, 0) is 80.9 Å². The predicted molar refractivity (Wildman–Crippen MR) is 243 cm³/mol. The van der Waals surface area contributed by atoms with Gasteiger partial charge in [0.15, 0.2) is 30.7 Å². The van der Waals surface area contributed by atoms with Crippen LogP contribution in [0.25, 0.3) is 0 Å². The fourth-order valence-corrected chi connectivity index (χ4v) is 13.8. The molecule has 0 aromatic carbocycles. The van der Waals surface area contributed by atoms with Crippen LogP contribution < -0.4 is 0 Å². The van der Waals surface area contributed by atoms with Gasteiger partial charge < -0.3 is 47.4 Å². The van der Waals surface area contributed by atoms with Crippen LogP contribution in [0.2, 0.25) is 0 Å². The molecule has 0 aromatic rings. The molecule has 0 unspecified atom stereocenters. The maximum atomic E-state index is 13.0. The Bertz CT molecular complexity index is 1960. The second-order valence-corrected chi connectivity index (χ2v) is 21.9. The van der Waals surface area contributed by atoms with Crippen LogP contribution in [0.4, 0.5) is 0 Å². The maximum Gasteiger partial charge on any atom is 0.303 e. The smallest absolute Gasteiger partial charge is 0.303 e. The van der Waals surface area contributed by atoms with Crippen LogP contribution in [0.3, 0.4) is 0 Å². The topological polar surface area (TPSA) is 212 Å². The monoisotopic (exact) mass is 963 g/mol. The summed E-state index contributed by atoms with van der Waals surface area (Å²) in [7, 11) is 1.53. The van der Waals surface area contributed by atoms with Crippen molar-refractivity contribution < 1.29 is 80.9 Å². The van der Waals surface area contributed by atoms with E-state index >= 15 is 0 Å². The van der Waals surface area contributed by atoms with Gasteiger partial charge in [-0.2, -0.15) is 0 Å². The molecule has 17 heteroatoms. The van der Waals surface area contributed by atoms with Gasteiger partial charge >= 0.3 is 41.8 Å². The number of allylic oxidation sites excluding steroid dienone is 1. The molecule has 0 aromatic heterocycles. The van der Waals surface area contributed by atoms with Gasteiger partial charge in [-0.25, -0.2) is 0 Å². The summed E-state index contributed by atoms with van der Waals surface area (Å²) in [5.41, 5.74) is -1.70. The van der Waals surface area contributed by atoms with Gasteiger partial charge in [-0.3, -0.25) is 33.6 Å². The van der Waals surface area contributed by atoms with Gasteiger partial charge in [-0.05, 0) is 93.3 Å². The number of hydrogen-bond acceptors (Lipinski definition) is 17. The Labute approximate surface area is 402 Å². The molecular formula is C51H78O17. The van der Waals surface area contributed by atoms with E-state index in [1.54, 1.807) is 13.8 Å². The Morgan fingerprint density at radius 3 is 1.82 bits per heavy atom. The highest BCUT2D eigenvalue weighted by Gasteiger charge is 2.70. The molecule has 4 fully saturated rings. The number of methoxy groups -OCH3 is 1. The van der Waals surface area contributed by atoms with Gasteiger partial charge in [-0.1, -0.05) is 53.2 Å². The molecule has 1 aliphatic heterocycles. The van der Waals surface area contributed by atoms with Crippen molar-refractivity contribution in [3.05, 3.63) is 11.6 Å². The van der Waals surface area contributed by atoms with E-state index in [0.29, 0.717) is 25.7 Å². The van der Waals surface area contributed by atoms with Crippen LogP contribution in [0.5, 0.6) is 0 Å². The first-order valence-corrected chi connectivity index (χ1v) is 24.2. The zero-order valence-electron chi connectivity index (χ0n) is 43.2. The molecule has 0 amide bonds. The van der Waals surface area contributed by atoms with Crippen LogP contribution in [-0.4, -0.2) is 116 Å². The van der Waals surface area contributed by atoms with Gasteiger partial charge in [-0.15, -0.1) is 0 Å². The van der Waals surface area contributed by atoms with Crippen LogP contribution in [0.15, 0.2) is 11.6 Å². The SMILES string of the molecule is COC(C)(C)[C@@H](OC(C)=O)[C@@H](C[C@H](C)[C@@H]1CC=C2[C@@]3(C)[C@H](CC[C@]21C)[C@@]1(C)CC[C@@H](OC(C)=O)C(C)(C)[C@@H]1C[C@H]3O[C@@H]1O[C@H](COC(C)=O)[C@@H](OC(C)=O)[C@H](OC(C)=O)[C@H]1OC(C)=O)OC(C)=O. The molecule has 5 aliphatic rings. The van der Waals surface area contributed by atoms with Crippen molar-refractivity contribution in [1.82, 2.24) is 0 Å². The minimum absolute atomic E-state index is 0.0139. The molecule has 384 valence electrons. The van der Waals surface area contributed by atoms with Crippen molar-refractivity contribution in [2.24, 2.45) is 45.3 Å². The van der Waals surface area contributed by atoms with Crippen LogP contribution in [0, 0.1) is 45.3 Å². The normalized spacial score (nSPS) is 36.4. The molecule has 4 aliphatic carbocycles. The van der Waals surface area contributed by atoms with Crippen molar-refractivity contribution in [1.29, 1.82) is 0 Å². The van der Waals surface area contributed by atoms with E-state index in [4.69, 9.17) is 47.4 Å². The Hall–Kier alpha value is -4.09. The molecule has 68 heavy (non-hydrogen) atoms. The predicted octanol–water partition coefficient (Wildman–Crippen LogP) is 6.92. The number of esters is 7. The summed E-state index contributed by atoms with van der Waals surface area (Å²) in [6, 6.07) is 0. The fourth-order valence-electron chi connectivity index (χ4n) is 13.8. The standard InChI is InChI=1S/C51H78O17/c1-26(23-35(61-28(3)53)45(66-33(8)58)48(11,12)59-16)34-17-18-37-49(34,13)21-19-38-50(14)22-20-40(62-29(4)54)47(9,10)39(50)24-41(51(37,38)15)68-46-44(65-32(7)57)43(64-31(6)56)42(63-30(5)55)36(67-46)25-60-27(2)52/h18,26,34-36,38-46H,17,19-25H2,1-16H3/t26-,34-,35+,36+,38+,39-,40+,41+,42+,43-,44+,45-,46-,49-,50+,51-/m0/s1. The first-order valence-electron chi connectivity index (χ1n) is 24.2. The summed E-state index contributed by atoms with van der Waals surface area (Å²) in [5.74, 6) is -4.31. The zero-order valence-corrected chi connectivity index (χ0v) is 43.2. The third-order valence-corrected chi connectivity index (χ3v) is 16.7. The van der Waals surface area contributed by atoms with E-state index in [1.165, 1.54) is 61.1 Å². The number of ether oxygens (including phenoxy) is 10. The number of fused-ring (bicyclic) bond motifs is 5. The fraction of sp³-hybridized carbons (Fsp3) is 0.824. The summed E-state index contributed by atoms with van der Waals surface area (Å²) in [6.07, 6.45) is -2.65. The highest BCUT2D eigenvalue weighted by Crippen LogP contribution is 2.74. The van der Waals surface area contributed by atoms with E-state index in [-0.39, 0.29) is 41.2 Å². The second-order valence-electron chi connectivity index (χ2n) is 21.9. The Balaban J connectivity index is 1.64. The molecule has 0 bridgehead atoms. The molecule has 17 nitrogen and oxygen atoms in total. The number of carbonyl (C=O) groups excluding carboxylic acids is 7. The minimum atomic E-state index is -1.43. The van der Waals surface area contributed by atoms with Crippen molar-refractivity contribution >= 4 is 41.8 Å². The highest BCUT2D eigenvalue weighted by molar-refractivity contribution is 5.69. The molecular weight excluding hydrogens is 885 g/mol. The molecule has 1 saturated heterocycles. The second kappa shape index (κ2) is 20.7. The highest BCUT2D eigenvalue weighted by atomic mass is 16.7. The third-order valence-electron chi connectivity index (χ3n) is 16.7. The van der Waals surface area contributed by atoms with E-state index in [1.807, 2.05) is 0 Å². The average Bonchev–Trinajstić information content (AvgIpc) is 3.57. The minimum Gasteiger partial charge on any atom is -0.463 e. The van der Waals surface area contributed by atoms with Crippen LogP contribution in [0.1, 0.15) is 149 Å². The summed E-state index contributed by atoms with van der Waals surface area (Å²) in [4.78, 5) is 88.2. The lowest BCUT2D eigenvalue weighted by Gasteiger charge is -2.69. The quantitative estimate of drug-likeness (QED) is 0.0665. The van der Waals surface area contributed by atoms with Gasteiger partial charge in [0.1, 0.15) is 30.5 Å². The lowest BCUT2D eigenvalue weighted by atomic mass is 9.37. The van der Waals surface area contributed by atoms with E-state index in [9.17, 15) is 33.6 Å². The van der Waals surface area contributed by atoms with E-state index < -0.39 is 113 Å². The number of rotatable bonds is 16. The number of hydrogen-bond donors (Lipinski definition) is 0. The summed E-state index contributed by atoms with van der Waals surface area (Å²) in [5, 5.41) is 0. The first kappa shape index (κ1) is 54.8. The first-order chi connectivity index (χ1) is 31.4. The molecule has 0 N–H and O–H groups in total. The molecule has 16 atom stereocenters. The maximum absolute atomic E-state index is 13.0.